The molecule has 0 amide bonds. The van der Waals surface area contributed by atoms with Crippen LogP contribution in [0.5, 0.6) is 0 Å². The molecule has 0 aromatic carbocycles. The smallest absolute Gasteiger partial charge is 0.182 e. The molecule has 3 aromatic rings. The summed E-state index contributed by atoms with van der Waals surface area (Å²) in [6.45, 7) is 6.13. The lowest BCUT2D eigenvalue weighted by atomic mass is 10.1. The van der Waals surface area contributed by atoms with Crippen LogP contribution in [0.15, 0.2) is 30.6 Å². The molecule has 1 aliphatic heterocycles. The van der Waals surface area contributed by atoms with Crippen molar-refractivity contribution >= 4 is 5.82 Å². The number of pyridine rings is 2. The third-order valence-electron chi connectivity index (χ3n) is 4.59. The molecule has 0 spiro atoms. The fourth-order valence-electron chi connectivity index (χ4n) is 3.31. The third kappa shape index (κ3) is 2.90. The Hall–Kier alpha value is -3.27. The average Bonchev–Trinajstić information content (AvgIpc) is 2.95. The van der Waals surface area contributed by atoms with Crippen molar-refractivity contribution in [2.45, 2.75) is 26.8 Å². The van der Waals surface area contributed by atoms with Crippen molar-refractivity contribution in [3.8, 4) is 17.5 Å². The minimum Gasteiger partial charge on any atom is -0.353 e. The zero-order chi connectivity index (χ0) is 18.1. The van der Waals surface area contributed by atoms with E-state index >= 15 is 0 Å². The topological polar surface area (TPSA) is 83.5 Å². The number of hydrogen-bond acceptors (Lipinski definition) is 6. The van der Waals surface area contributed by atoms with Crippen LogP contribution in [0.25, 0.3) is 11.4 Å². The largest absolute Gasteiger partial charge is 0.353 e. The molecular formula is C19H19N7. The van der Waals surface area contributed by atoms with E-state index in [1.165, 1.54) is 0 Å². The number of anilines is 1. The van der Waals surface area contributed by atoms with Gasteiger partial charge in [0.15, 0.2) is 5.82 Å². The van der Waals surface area contributed by atoms with E-state index in [1.54, 1.807) is 12.4 Å². The predicted octanol–water partition coefficient (Wildman–Crippen LogP) is 2.29. The SMILES string of the molecule is Cc1cc(C)c(C#N)c(N2CCc3nc(-c4cccnc4)nn3CC2)n1. The summed E-state index contributed by atoms with van der Waals surface area (Å²) in [5.74, 6) is 2.43. The number of nitrogens with zero attached hydrogens (tertiary/aromatic N) is 7. The van der Waals surface area contributed by atoms with Gasteiger partial charge in [-0.1, -0.05) is 0 Å². The van der Waals surface area contributed by atoms with Crippen LogP contribution in [0.1, 0.15) is 22.6 Å². The Bertz CT molecular complexity index is 960. The third-order valence-corrected chi connectivity index (χ3v) is 4.59. The number of rotatable bonds is 2. The number of aromatic nitrogens is 5. The number of hydrogen-bond donors (Lipinski definition) is 0. The molecule has 3 aromatic heterocycles. The first-order valence-corrected chi connectivity index (χ1v) is 8.63. The van der Waals surface area contributed by atoms with Crippen molar-refractivity contribution in [1.29, 1.82) is 5.26 Å². The van der Waals surface area contributed by atoms with Gasteiger partial charge in [-0.3, -0.25) is 4.98 Å². The zero-order valence-corrected chi connectivity index (χ0v) is 14.8. The van der Waals surface area contributed by atoms with Crippen molar-refractivity contribution in [3.63, 3.8) is 0 Å². The van der Waals surface area contributed by atoms with Gasteiger partial charge in [0, 0.05) is 43.2 Å². The zero-order valence-electron chi connectivity index (χ0n) is 14.8. The van der Waals surface area contributed by atoms with Gasteiger partial charge >= 0.3 is 0 Å². The van der Waals surface area contributed by atoms with Crippen LogP contribution in [-0.2, 0) is 13.0 Å². The van der Waals surface area contributed by atoms with Crippen molar-refractivity contribution in [2.24, 2.45) is 0 Å². The average molecular weight is 345 g/mol. The Morgan fingerprint density at radius 2 is 2.04 bits per heavy atom. The molecule has 0 saturated carbocycles. The molecule has 0 saturated heterocycles. The van der Waals surface area contributed by atoms with Gasteiger partial charge < -0.3 is 4.90 Å². The first-order chi connectivity index (χ1) is 12.7. The van der Waals surface area contributed by atoms with Crippen LogP contribution in [0.3, 0.4) is 0 Å². The summed E-state index contributed by atoms with van der Waals surface area (Å²) in [6, 6.07) is 8.11. The van der Waals surface area contributed by atoms with Crippen LogP contribution >= 0.6 is 0 Å². The lowest BCUT2D eigenvalue weighted by molar-refractivity contribution is 0.609. The molecule has 0 radical (unpaired) electrons. The van der Waals surface area contributed by atoms with Crippen LogP contribution in [-0.4, -0.2) is 37.8 Å². The molecule has 0 fully saturated rings. The summed E-state index contributed by atoms with van der Waals surface area (Å²) < 4.78 is 1.96. The highest BCUT2D eigenvalue weighted by atomic mass is 15.4. The van der Waals surface area contributed by atoms with Gasteiger partial charge in [-0.2, -0.15) is 10.4 Å². The first kappa shape index (κ1) is 16.2. The van der Waals surface area contributed by atoms with Gasteiger partial charge in [-0.05, 0) is 37.6 Å². The molecule has 4 rings (SSSR count). The molecule has 0 aliphatic carbocycles. The van der Waals surface area contributed by atoms with Crippen molar-refractivity contribution in [3.05, 3.63) is 53.2 Å². The Morgan fingerprint density at radius 1 is 1.15 bits per heavy atom. The molecule has 26 heavy (non-hydrogen) atoms. The predicted molar refractivity (Wildman–Crippen MR) is 97.6 cm³/mol. The Labute approximate surface area is 152 Å². The molecular weight excluding hydrogens is 326 g/mol. The van der Waals surface area contributed by atoms with Gasteiger partial charge in [-0.15, -0.1) is 0 Å². The molecule has 4 heterocycles. The molecule has 1 aliphatic rings. The van der Waals surface area contributed by atoms with E-state index in [9.17, 15) is 5.26 Å². The highest BCUT2D eigenvalue weighted by molar-refractivity contribution is 5.58. The summed E-state index contributed by atoms with van der Waals surface area (Å²) in [4.78, 5) is 15.6. The van der Waals surface area contributed by atoms with Crippen LogP contribution in [0.2, 0.25) is 0 Å². The van der Waals surface area contributed by atoms with Gasteiger partial charge in [0.2, 0.25) is 0 Å². The highest BCUT2D eigenvalue weighted by Crippen LogP contribution is 2.24. The summed E-state index contributed by atoms with van der Waals surface area (Å²) in [6.07, 6.45) is 4.28. The van der Waals surface area contributed by atoms with Crippen molar-refractivity contribution in [2.75, 3.05) is 18.0 Å². The Morgan fingerprint density at radius 3 is 2.81 bits per heavy atom. The molecule has 0 unspecified atom stereocenters. The summed E-state index contributed by atoms with van der Waals surface area (Å²) in [5, 5.41) is 14.2. The molecule has 0 bridgehead atoms. The fraction of sp³-hybridized carbons (Fsp3) is 0.316. The minimum atomic E-state index is 0.652. The lowest BCUT2D eigenvalue weighted by Gasteiger charge is -2.23. The molecule has 0 N–H and O–H groups in total. The molecule has 0 atom stereocenters. The highest BCUT2D eigenvalue weighted by Gasteiger charge is 2.21. The first-order valence-electron chi connectivity index (χ1n) is 8.63. The van der Waals surface area contributed by atoms with Gasteiger partial charge in [0.1, 0.15) is 17.7 Å². The normalized spacial score (nSPS) is 13.8. The number of fused-ring (bicyclic) bond motifs is 1. The maximum Gasteiger partial charge on any atom is 0.182 e. The summed E-state index contributed by atoms with van der Waals surface area (Å²) in [7, 11) is 0. The quantitative estimate of drug-likeness (QED) is 0.708. The van der Waals surface area contributed by atoms with Gasteiger partial charge in [0.05, 0.1) is 12.1 Å². The monoisotopic (exact) mass is 345 g/mol. The van der Waals surface area contributed by atoms with E-state index in [-0.39, 0.29) is 0 Å². The Kier molecular flexibility index (Phi) is 4.09. The second kappa shape index (κ2) is 6.56. The second-order valence-electron chi connectivity index (χ2n) is 6.44. The maximum absolute atomic E-state index is 9.53. The van der Waals surface area contributed by atoms with Crippen molar-refractivity contribution < 1.29 is 0 Å². The van der Waals surface area contributed by atoms with Gasteiger partial charge in [-0.25, -0.2) is 14.6 Å². The van der Waals surface area contributed by atoms with Crippen molar-refractivity contribution in [1.82, 2.24) is 24.7 Å². The van der Waals surface area contributed by atoms with Crippen LogP contribution in [0.4, 0.5) is 5.82 Å². The van der Waals surface area contributed by atoms with Crippen LogP contribution < -0.4 is 4.90 Å². The minimum absolute atomic E-state index is 0.652. The van der Waals surface area contributed by atoms with E-state index in [1.807, 2.05) is 36.7 Å². The Balaban J connectivity index is 1.61. The maximum atomic E-state index is 9.53. The van der Waals surface area contributed by atoms with E-state index in [4.69, 9.17) is 0 Å². The second-order valence-corrected chi connectivity index (χ2v) is 6.44. The van der Waals surface area contributed by atoms with Crippen LogP contribution in [0, 0.1) is 25.2 Å². The van der Waals surface area contributed by atoms with Gasteiger partial charge in [0.25, 0.3) is 0 Å². The molecule has 7 nitrogen and oxygen atoms in total. The molecule has 130 valence electrons. The summed E-state index contributed by atoms with van der Waals surface area (Å²) >= 11 is 0. The van der Waals surface area contributed by atoms with E-state index in [0.29, 0.717) is 17.9 Å². The van der Waals surface area contributed by atoms with E-state index in [2.05, 4.69) is 31.0 Å². The van der Waals surface area contributed by atoms with E-state index < -0.39 is 0 Å². The van der Waals surface area contributed by atoms with E-state index in [0.717, 1.165) is 48.0 Å². The summed E-state index contributed by atoms with van der Waals surface area (Å²) in [5.41, 5.74) is 3.47. The molecule has 7 heteroatoms. The standard InChI is InChI=1S/C19H19N7/c1-13-10-14(2)22-19(16(13)11-20)25-7-5-17-23-18(24-26(17)9-8-25)15-4-3-6-21-12-15/h3-4,6,10,12H,5,7-9H2,1-2H3. The number of aryl methyl sites for hydroxylation is 2. The lowest BCUT2D eigenvalue weighted by Crippen LogP contribution is -2.29. The fourth-order valence-corrected chi connectivity index (χ4v) is 3.31. The number of nitriles is 1.